The number of oxazole rings is 1. The molecule has 2 aromatic rings. The SMILES string of the molecule is O=C(O)CCCCNc1nc2ccccc2o1. The van der Waals surface area contributed by atoms with E-state index in [0.717, 1.165) is 17.5 Å². The number of nitrogens with zero attached hydrogens (tertiary/aromatic N) is 1. The molecular weight excluding hydrogens is 220 g/mol. The van der Waals surface area contributed by atoms with Crippen LogP contribution in [0.1, 0.15) is 19.3 Å². The molecule has 17 heavy (non-hydrogen) atoms. The van der Waals surface area contributed by atoms with Crippen LogP contribution in [0.2, 0.25) is 0 Å². The van der Waals surface area contributed by atoms with Crippen molar-refractivity contribution in [1.82, 2.24) is 4.98 Å². The van der Waals surface area contributed by atoms with Crippen LogP contribution in [0.5, 0.6) is 0 Å². The second-order valence-electron chi connectivity index (χ2n) is 3.76. The Labute approximate surface area is 98.5 Å². The van der Waals surface area contributed by atoms with E-state index >= 15 is 0 Å². The molecule has 1 aromatic heterocycles. The molecule has 0 saturated carbocycles. The largest absolute Gasteiger partial charge is 0.481 e. The zero-order chi connectivity index (χ0) is 12.1. The summed E-state index contributed by atoms with van der Waals surface area (Å²) in [7, 11) is 0. The van der Waals surface area contributed by atoms with Gasteiger partial charge in [-0.05, 0) is 25.0 Å². The number of nitrogens with one attached hydrogen (secondary N) is 1. The predicted octanol–water partition coefficient (Wildman–Crippen LogP) is 2.49. The quantitative estimate of drug-likeness (QED) is 0.751. The number of hydrogen-bond donors (Lipinski definition) is 2. The van der Waals surface area contributed by atoms with E-state index < -0.39 is 5.97 Å². The highest BCUT2D eigenvalue weighted by molar-refractivity contribution is 5.74. The fourth-order valence-electron chi connectivity index (χ4n) is 1.54. The van der Waals surface area contributed by atoms with Crippen LogP contribution in [0.4, 0.5) is 6.01 Å². The Kier molecular flexibility index (Phi) is 3.59. The molecule has 0 aliphatic heterocycles. The Balaban J connectivity index is 1.81. The molecule has 5 heteroatoms. The zero-order valence-electron chi connectivity index (χ0n) is 9.35. The van der Waals surface area contributed by atoms with Crippen LogP contribution < -0.4 is 5.32 Å². The Morgan fingerprint density at radius 2 is 2.18 bits per heavy atom. The van der Waals surface area contributed by atoms with Gasteiger partial charge in [-0.3, -0.25) is 4.79 Å². The molecule has 0 aliphatic rings. The fourth-order valence-corrected chi connectivity index (χ4v) is 1.54. The van der Waals surface area contributed by atoms with E-state index in [-0.39, 0.29) is 6.42 Å². The van der Waals surface area contributed by atoms with Gasteiger partial charge in [-0.2, -0.15) is 4.98 Å². The Bertz CT molecular complexity index is 474. The molecule has 90 valence electrons. The summed E-state index contributed by atoms with van der Waals surface area (Å²) in [5.74, 6) is -0.758. The molecule has 1 aromatic carbocycles. The lowest BCUT2D eigenvalue weighted by molar-refractivity contribution is -0.137. The van der Waals surface area contributed by atoms with Crippen molar-refractivity contribution in [1.29, 1.82) is 0 Å². The topological polar surface area (TPSA) is 75.4 Å². The molecule has 5 nitrogen and oxygen atoms in total. The van der Waals surface area contributed by atoms with E-state index in [9.17, 15) is 4.79 Å². The highest BCUT2D eigenvalue weighted by Gasteiger charge is 2.03. The zero-order valence-corrected chi connectivity index (χ0v) is 9.35. The van der Waals surface area contributed by atoms with E-state index in [2.05, 4.69) is 10.3 Å². The first-order chi connectivity index (χ1) is 8.25. The average molecular weight is 234 g/mol. The van der Waals surface area contributed by atoms with Crippen LogP contribution in [-0.4, -0.2) is 22.6 Å². The summed E-state index contributed by atoms with van der Waals surface area (Å²) in [5.41, 5.74) is 1.57. The smallest absolute Gasteiger partial charge is 0.303 e. The Hall–Kier alpha value is -2.04. The van der Waals surface area contributed by atoms with Crippen molar-refractivity contribution < 1.29 is 14.3 Å². The highest BCUT2D eigenvalue weighted by atomic mass is 16.4. The molecule has 0 radical (unpaired) electrons. The van der Waals surface area contributed by atoms with Crippen molar-refractivity contribution in [3.05, 3.63) is 24.3 Å². The van der Waals surface area contributed by atoms with E-state index in [4.69, 9.17) is 9.52 Å². The van der Waals surface area contributed by atoms with Crippen LogP contribution in [-0.2, 0) is 4.79 Å². The molecule has 0 atom stereocenters. The Morgan fingerprint density at radius 3 is 2.94 bits per heavy atom. The predicted molar refractivity (Wildman–Crippen MR) is 64.0 cm³/mol. The summed E-state index contributed by atoms with van der Waals surface area (Å²) in [5, 5.41) is 11.5. The third-order valence-electron chi connectivity index (χ3n) is 2.39. The van der Waals surface area contributed by atoms with E-state index in [1.54, 1.807) is 0 Å². The third kappa shape index (κ3) is 3.21. The monoisotopic (exact) mass is 234 g/mol. The van der Waals surface area contributed by atoms with Crippen LogP contribution in [0.3, 0.4) is 0 Å². The number of fused-ring (bicyclic) bond motifs is 1. The van der Waals surface area contributed by atoms with Crippen molar-refractivity contribution in [2.45, 2.75) is 19.3 Å². The first kappa shape index (κ1) is 11.4. The molecule has 0 saturated heterocycles. The molecule has 0 bridgehead atoms. The van der Waals surface area contributed by atoms with Gasteiger partial charge in [0.15, 0.2) is 5.58 Å². The number of aromatic nitrogens is 1. The number of carbonyl (C=O) groups is 1. The molecule has 0 aliphatic carbocycles. The molecule has 0 spiro atoms. The van der Waals surface area contributed by atoms with Crippen molar-refractivity contribution in [3.63, 3.8) is 0 Å². The van der Waals surface area contributed by atoms with Gasteiger partial charge in [0.1, 0.15) is 5.52 Å². The maximum Gasteiger partial charge on any atom is 0.303 e. The maximum absolute atomic E-state index is 10.3. The number of para-hydroxylation sites is 2. The molecule has 0 amide bonds. The first-order valence-electron chi connectivity index (χ1n) is 5.57. The maximum atomic E-state index is 10.3. The second-order valence-corrected chi connectivity index (χ2v) is 3.76. The van der Waals surface area contributed by atoms with E-state index in [0.29, 0.717) is 19.0 Å². The van der Waals surface area contributed by atoms with Gasteiger partial charge in [0.25, 0.3) is 6.01 Å². The summed E-state index contributed by atoms with van der Waals surface area (Å²) >= 11 is 0. The van der Waals surface area contributed by atoms with Crippen LogP contribution in [0.25, 0.3) is 11.1 Å². The lowest BCUT2D eigenvalue weighted by atomic mass is 10.2. The molecular formula is C12H14N2O3. The van der Waals surface area contributed by atoms with Crippen molar-refractivity contribution >= 4 is 23.1 Å². The van der Waals surface area contributed by atoms with Crippen LogP contribution in [0, 0.1) is 0 Å². The van der Waals surface area contributed by atoms with Crippen molar-refractivity contribution in [2.24, 2.45) is 0 Å². The van der Waals surface area contributed by atoms with Gasteiger partial charge in [0.05, 0.1) is 0 Å². The summed E-state index contributed by atoms with van der Waals surface area (Å²) in [4.78, 5) is 14.5. The van der Waals surface area contributed by atoms with Gasteiger partial charge in [0, 0.05) is 13.0 Å². The second kappa shape index (κ2) is 5.34. The highest BCUT2D eigenvalue weighted by Crippen LogP contribution is 2.17. The van der Waals surface area contributed by atoms with Gasteiger partial charge in [-0.25, -0.2) is 0 Å². The first-order valence-corrected chi connectivity index (χ1v) is 5.57. The lowest BCUT2D eigenvalue weighted by Gasteiger charge is -1.99. The van der Waals surface area contributed by atoms with Gasteiger partial charge >= 0.3 is 5.97 Å². The summed E-state index contributed by atoms with van der Waals surface area (Å²) in [6.45, 7) is 0.667. The Morgan fingerprint density at radius 1 is 1.35 bits per heavy atom. The van der Waals surface area contributed by atoms with Gasteiger partial charge in [0.2, 0.25) is 0 Å². The van der Waals surface area contributed by atoms with Crippen molar-refractivity contribution in [3.8, 4) is 0 Å². The van der Waals surface area contributed by atoms with Crippen LogP contribution in [0.15, 0.2) is 28.7 Å². The summed E-state index contributed by atoms with van der Waals surface area (Å²) in [6.07, 6.45) is 1.64. The number of aliphatic carboxylic acids is 1. The minimum atomic E-state index is -0.758. The molecule has 2 N–H and O–H groups in total. The van der Waals surface area contributed by atoms with Gasteiger partial charge < -0.3 is 14.8 Å². The average Bonchev–Trinajstić information content (AvgIpc) is 2.70. The summed E-state index contributed by atoms with van der Waals surface area (Å²) in [6, 6.07) is 8.03. The molecule has 0 fully saturated rings. The van der Waals surface area contributed by atoms with E-state index in [1.807, 2.05) is 24.3 Å². The number of carboxylic acid groups (broad SMARTS) is 1. The molecule has 0 unspecified atom stereocenters. The number of rotatable bonds is 6. The molecule has 2 rings (SSSR count). The number of unbranched alkanes of at least 4 members (excludes halogenated alkanes) is 1. The fraction of sp³-hybridized carbons (Fsp3) is 0.333. The minimum absolute atomic E-state index is 0.204. The van der Waals surface area contributed by atoms with Gasteiger partial charge in [-0.1, -0.05) is 12.1 Å². The normalized spacial score (nSPS) is 10.6. The van der Waals surface area contributed by atoms with Gasteiger partial charge in [-0.15, -0.1) is 0 Å². The summed E-state index contributed by atoms with van der Waals surface area (Å²) < 4.78 is 5.46. The number of hydrogen-bond acceptors (Lipinski definition) is 4. The lowest BCUT2D eigenvalue weighted by Crippen LogP contribution is -2.03. The van der Waals surface area contributed by atoms with Crippen molar-refractivity contribution in [2.75, 3.05) is 11.9 Å². The van der Waals surface area contributed by atoms with Crippen LogP contribution >= 0.6 is 0 Å². The number of anilines is 1. The van der Waals surface area contributed by atoms with E-state index in [1.165, 1.54) is 0 Å². The standard InChI is InChI=1S/C12H14N2O3/c15-11(16)7-3-4-8-13-12-14-9-5-1-2-6-10(9)17-12/h1-2,5-6H,3-4,7-8H2,(H,13,14)(H,15,16). The number of benzene rings is 1. The third-order valence-corrected chi connectivity index (χ3v) is 2.39. The molecule has 1 heterocycles. The minimum Gasteiger partial charge on any atom is -0.481 e. The number of carboxylic acids is 1.